The van der Waals surface area contributed by atoms with Gasteiger partial charge in [0.2, 0.25) is 5.91 Å². The van der Waals surface area contributed by atoms with E-state index < -0.39 is 0 Å². The number of nitrogens with one attached hydrogen (secondary N) is 1. The first kappa shape index (κ1) is 18.7. The first-order valence-corrected chi connectivity index (χ1v) is 9.74. The van der Waals surface area contributed by atoms with Gasteiger partial charge in [-0.15, -0.1) is 0 Å². The first-order valence-electron chi connectivity index (χ1n) is 9.74. The molecule has 26 heavy (non-hydrogen) atoms. The minimum Gasteiger partial charge on any atom is -0.324 e. The quantitative estimate of drug-likeness (QED) is 0.801. The Kier molecular flexibility index (Phi) is 6.10. The molecule has 0 radical (unpaired) electrons. The first-order chi connectivity index (χ1) is 12.5. The number of carbonyl (C=O) groups is 1. The second-order valence-electron chi connectivity index (χ2n) is 7.80. The zero-order valence-electron chi connectivity index (χ0n) is 16.1. The molecule has 0 aromatic heterocycles. The number of rotatable bonds is 5. The summed E-state index contributed by atoms with van der Waals surface area (Å²) in [6.07, 6.45) is 2.30. The van der Waals surface area contributed by atoms with Gasteiger partial charge in [0, 0.05) is 5.69 Å². The molecule has 1 amide bonds. The van der Waals surface area contributed by atoms with Crippen LogP contribution in [0, 0.1) is 5.92 Å². The molecule has 2 aromatic carbocycles. The lowest BCUT2D eigenvalue weighted by molar-refractivity contribution is -0.122. The van der Waals surface area contributed by atoms with Crippen molar-refractivity contribution in [3.05, 3.63) is 65.7 Å². The van der Waals surface area contributed by atoms with Crippen LogP contribution in [-0.4, -0.2) is 23.9 Å². The summed E-state index contributed by atoms with van der Waals surface area (Å²) in [6.45, 7) is 8.60. The van der Waals surface area contributed by atoms with E-state index in [2.05, 4.69) is 55.3 Å². The molecule has 1 saturated heterocycles. The van der Waals surface area contributed by atoms with Crippen molar-refractivity contribution in [3.63, 3.8) is 0 Å². The maximum atomic E-state index is 13.2. The fourth-order valence-electron chi connectivity index (χ4n) is 3.61. The van der Waals surface area contributed by atoms with Crippen molar-refractivity contribution in [2.45, 2.75) is 45.6 Å². The summed E-state index contributed by atoms with van der Waals surface area (Å²) in [7, 11) is 0. The van der Waals surface area contributed by atoms with Gasteiger partial charge >= 0.3 is 0 Å². The van der Waals surface area contributed by atoms with E-state index in [0.29, 0.717) is 5.92 Å². The highest BCUT2D eigenvalue weighted by Crippen LogP contribution is 2.28. The summed E-state index contributed by atoms with van der Waals surface area (Å²) >= 11 is 0. The number of carbonyl (C=O) groups excluding carboxylic acids is 1. The van der Waals surface area contributed by atoms with E-state index in [-0.39, 0.29) is 11.9 Å². The van der Waals surface area contributed by atoms with Gasteiger partial charge in [0.05, 0.1) is 0 Å². The molecular formula is C23H30N2O. The molecular weight excluding hydrogens is 320 g/mol. The molecule has 0 bridgehead atoms. The van der Waals surface area contributed by atoms with Crippen LogP contribution in [0.4, 0.5) is 5.69 Å². The summed E-state index contributed by atoms with van der Waals surface area (Å²) in [4.78, 5) is 15.5. The molecule has 1 fully saturated rings. The van der Waals surface area contributed by atoms with Crippen LogP contribution in [0.25, 0.3) is 0 Å². The highest BCUT2D eigenvalue weighted by molar-refractivity contribution is 5.95. The molecule has 0 unspecified atom stereocenters. The largest absolute Gasteiger partial charge is 0.324 e. The zero-order chi connectivity index (χ0) is 18.5. The third-order valence-corrected chi connectivity index (χ3v) is 5.39. The second kappa shape index (κ2) is 8.50. The minimum atomic E-state index is -0.228. The molecule has 0 aliphatic carbocycles. The fourth-order valence-corrected chi connectivity index (χ4v) is 3.61. The number of benzene rings is 2. The van der Waals surface area contributed by atoms with Crippen molar-refractivity contribution in [1.82, 2.24) is 4.90 Å². The Morgan fingerprint density at radius 2 is 1.58 bits per heavy atom. The number of hydrogen-bond donors (Lipinski definition) is 1. The van der Waals surface area contributed by atoms with E-state index in [4.69, 9.17) is 0 Å². The number of piperidine rings is 1. The summed E-state index contributed by atoms with van der Waals surface area (Å²) in [5.41, 5.74) is 3.22. The van der Waals surface area contributed by atoms with Crippen LogP contribution in [-0.2, 0) is 4.79 Å². The van der Waals surface area contributed by atoms with Gasteiger partial charge in [-0.2, -0.15) is 0 Å². The van der Waals surface area contributed by atoms with E-state index >= 15 is 0 Å². The van der Waals surface area contributed by atoms with E-state index in [1.165, 1.54) is 5.56 Å². The van der Waals surface area contributed by atoms with E-state index in [1.54, 1.807) is 0 Å². The van der Waals surface area contributed by atoms with E-state index in [1.807, 2.05) is 30.3 Å². The van der Waals surface area contributed by atoms with Crippen LogP contribution >= 0.6 is 0 Å². The van der Waals surface area contributed by atoms with Crippen LogP contribution in [0.2, 0.25) is 0 Å². The smallest absolute Gasteiger partial charge is 0.246 e. The number of nitrogens with zero attached hydrogens (tertiary/aromatic N) is 1. The Morgan fingerprint density at radius 1 is 0.962 bits per heavy atom. The van der Waals surface area contributed by atoms with Gasteiger partial charge in [-0.1, -0.05) is 63.2 Å². The monoisotopic (exact) mass is 350 g/mol. The Balaban J connectivity index is 1.78. The van der Waals surface area contributed by atoms with Crippen LogP contribution in [0.1, 0.15) is 56.7 Å². The Morgan fingerprint density at radius 3 is 2.15 bits per heavy atom. The maximum Gasteiger partial charge on any atom is 0.246 e. The van der Waals surface area contributed by atoms with Crippen molar-refractivity contribution in [1.29, 1.82) is 0 Å². The molecule has 0 spiro atoms. The van der Waals surface area contributed by atoms with Gasteiger partial charge in [0.15, 0.2) is 0 Å². The number of anilines is 1. The van der Waals surface area contributed by atoms with Crippen molar-refractivity contribution >= 4 is 11.6 Å². The average molecular weight is 351 g/mol. The normalized spacial score (nSPS) is 17.2. The molecule has 1 aliphatic heterocycles. The van der Waals surface area contributed by atoms with Gasteiger partial charge < -0.3 is 5.32 Å². The highest BCUT2D eigenvalue weighted by Gasteiger charge is 2.30. The summed E-state index contributed by atoms with van der Waals surface area (Å²) in [5, 5.41) is 3.13. The van der Waals surface area contributed by atoms with Crippen LogP contribution < -0.4 is 5.32 Å². The highest BCUT2D eigenvalue weighted by atomic mass is 16.2. The molecule has 0 saturated carbocycles. The molecule has 3 rings (SSSR count). The van der Waals surface area contributed by atoms with Gasteiger partial charge in [0.1, 0.15) is 6.04 Å². The third-order valence-electron chi connectivity index (χ3n) is 5.39. The third kappa shape index (κ3) is 4.53. The molecule has 1 aliphatic rings. The molecule has 3 heteroatoms. The lowest BCUT2D eigenvalue weighted by Gasteiger charge is -2.36. The van der Waals surface area contributed by atoms with Gasteiger partial charge in [0.25, 0.3) is 0 Å². The Bertz CT molecular complexity index is 701. The summed E-state index contributed by atoms with van der Waals surface area (Å²) in [5.74, 6) is 1.30. The van der Waals surface area contributed by atoms with Gasteiger partial charge in [-0.3, -0.25) is 9.69 Å². The standard InChI is InChI=1S/C23H30N2O/c1-17(2)19-9-11-21(12-10-19)24-23(26)22(20-7-5-4-6-8-20)25-15-13-18(3)14-16-25/h4-12,17-18,22H,13-16H2,1-3H3,(H,24,26)/t22-/m0/s1. The Hall–Kier alpha value is -2.13. The predicted octanol–water partition coefficient (Wildman–Crippen LogP) is 5.22. The van der Waals surface area contributed by atoms with Crippen molar-refractivity contribution in [3.8, 4) is 0 Å². The van der Waals surface area contributed by atoms with Crippen LogP contribution in [0.5, 0.6) is 0 Å². The van der Waals surface area contributed by atoms with E-state index in [9.17, 15) is 4.79 Å². The van der Waals surface area contributed by atoms with Gasteiger partial charge in [-0.25, -0.2) is 0 Å². The molecule has 138 valence electrons. The number of hydrogen-bond acceptors (Lipinski definition) is 2. The minimum absolute atomic E-state index is 0.0584. The van der Waals surface area contributed by atoms with Crippen LogP contribution in [0.3, 0.4) is 0 Å². The zero-order valence-corrected chi connectivity index (χ0v) is 16.1. The second-order valence-corrected chi connectivity index (χ2v) is 7.80. The van der Waals surface area contributed by atoms with Crippen molar-refractivity contribution in [2.75, 3.05) is 18.4 Å². The maximum absolute atomic E-state index is 13.2. The van der Waals surface area contributed by atoms with Gasteiger partial charge in [-0.05, 0) is 61.0 Å². The predicted molar refractivity (Wildman–Crippen MR) is 108 cm³/mol. The lowest BCUT2D eigenvalue weighted by atomic mass is 9.95. The lowest BCUT2D eigenvalue weighted by Crippen LogP contribution is -2.41. The number of likely N-dealkylation sites (tertiary alicyclic amines) is 1. The van der Waals surface area contributed by atoms with Crippen molar-refractivity contribution < 1.29 is 4.79 Å². The summed E-state index contributed by atoms with van der Waals surface area (Å²) in [6, 6.07) is 18.1. The fraction of sp³-hybridized carbons (Fsp3) is 0.435. The topological polar surface area (TPSA) is 32.3 Å². The molecule has 1 atom stereocenters. The molecule has 1 N–H and O–H groups in total. The Labute approximate surface area is 157 Å². The van der Waals surface area contributed by atoms with Crippen molar-refractivity contribution in [2.24, 2.45) is 5.92 Å². The van der Waals surface area contributed by atoms with E-state index in [0.717, 1.165) is 43.1 Å². The van der Waals surface area contributed by atoms with Crippen LogP contribution in [0.15, 0.2) is 54.6 Å². The SMILES string of the molecule is CC1CCN([C@H](C(=O)Nc2ccc(C(C)C)cc2)c2ccccc2)CC1. The summed E-state index contributed by atoms with van der Waals surface area (Å²) < 4.78 is 0. The molecule has 1 heterocycles. The molecule has 2 aromatic rings. The molecule has 3 nitrogen and oxygen atoms in total. The average Bonchev–Trinajstić information content (AvgIpc) is 2.65. The number of amides is 1.